The van der Waals surface area contributed by atoms with Crippen molar-refractivity contribution in [3.8, 4) is 34.6 Å². The second-order valence-electron chi connectivity index (χ2n) is 7.07. The van der Waals surface area contributed by atoms with Crippen LogP contribution in [0.1, 0.15) is 0 Å². The Balaban J connectivity index is 1.83. The van der Waals surface area contributed by atoms with Crippen LogP contribution in [0.2, 0.25) is 0 Å². The molecule has 3 rings (SSSR count). The first-order valence-electron chi connectivity index (χ1n) is 10.1. The van der Waals surface area contributed by atoms with Crippen LogP contribution in [-0.4, -0.2) is 72.6 Å². The van der Waals surface area contributed by atoms with Gasteiger partial charge in [-0.2, -0.15) is 4.98 Å². The highest BCUT2D eigenvalue weighted by Crippen LogP contribution is 2.26. The van der Waals surface area contributed by atoms with E-state index in [0.29, 0.717) is 23.9 Å². The van der Waals surface area contributed by atoms with Crippen LogP contribution in [0.4, 0.5) is 4.79 Å². The minimum absolute atomic E-state index is 0.0777. The number of nitrogens with two attached hydrogens (primary N) is 1. The first kappa shape index (κ1) is 23.4. The Hall–Kier alpha value is -4.28. The van der Waals surface area contributed by atoms with E-state index in [-0.39, 0.29) is 25.1 Å². The summed E-state index contributed by atoms with van der Waals surface area (Å²) in [6, 6.07) is 14.0. The van der Waals surface area contributed by atoms with Crippen molar-refractivity contribution in [3.63, 3.8) is 0 Å². The van der Waals surface area contributed by atoms with Gasteiger partial charge >= 0.3 is 12.0 Å². The van der Waals surface area contributed by atoms with E-state index in [0.717, 1.165) is 11.3 Å². The maximum atomic E-state index is 11.9. The lowest BCUT2D eigenvalue weighted by Gasteiger charge is -2.09. The molecule has 3 N–H and O–H groups in total. The molecule has 2 aromatic carbocycles. The minimum atomic E-state index is -0.600. The largest absolute Gasteiger partial charge is 0.497 e. The molecule has 0 spiro atoms. The summed E-state index contributed by atoms with van der Waals surface area (Å²) >= 11 is 0. The summed E-state index contributed by atoms with van der Waals surface area (Å²) in [7, 11) is 4.89. The summed E-state index contributed by atoms with van der Waals surface area (Å²) in [6.07, 6.45) is 0. The van der Waals surface area contributed by atoms with Crippen molar-refractivity contribution in [1.82, 2.24) is 25.0 Å². The summed E-state index contributed by atoms with van der Waals surface area (Å²) in [5.74, 6) is 1.65. The molecule has 1 aromatic heterocycles. The van der Waals surface area contributed by atoms with E-state index in [2.05, 4.69) is 15.4 Å². The third-order valence-corrected chi connectivity index (χ3v) is 4.51. The molecule has 0 aliphatic rings. The lowest BCUT2D eigenvalue weighted by molar-refractivity contribution is -0.130. The third-order valence-electron chi connectivity index (χ3n) is 4.51. The lowest BCUT2D eigenvalue weighted by atomic mass is 10.2. The predicted molar refractivity (Wildman–Crippen MR) is 121 cm³/mol. The van der Waals surface area contributed by atoms with Crippen molar-refractivity contribution in [3.05, 3.63) is 48.5 Å². The molecule has 0 bridgehead atoms. The SMILES string of the molecule is COc1ccc(-n2nc(OCC(=O)N(C)C)nc2-c2ccc(OCCNC(N)=O)cc2)cc1. The average molecular weight is 454 g/mol. The first-order valence-corrected chi connectivity index (χ1v) is 10.1. The summed E-state index contributed by atoms with van der Waals surface area (Å²) in [6.45, 7) is 0.405. The Morgan fingerprint density at radius 2 is 1.70 bits per heavy atom. The van der Waals surface area contributed by atoms with Crippen LogP contribution in [0.25, 0.3) is 17.1 Å². The molecule has 0 aliphatic carbocycles. The van der Waals surface area contributed by atoms with Crippen molar-refractivity contribution >= 4 is 11.9 Å². The van der Waals surface area contributed by atoms with E-state index in [1.165, 1.54) is 4.90 Å². The van der Waals surface area contributed by atoms with E-state index in [1.807, 2.05) is 36.4 Å². The predicted octanol–water partition coefficient (Wildman–Crippen LogP) is 1.46. The number of amides is 3. The number of aromatic nitrogens is 3. The lowest BCUT2D eigenvalue weighted by Crippen LogP contribution is -2.32. The number of likely N-dealkylation sites (N-methyl/N-ethyl adjacent to an activating group) is 1. The molecule has 0 radical (unpaired) electrons. The first-order chi connectivity index (χ1) is 15.9. The average Bonchev–Trinajstić information content (AvgIpc) is 3.24. The molecule has 0 unspecified atom stereocenters. The number of ether oxygens (including phenoxy) is 3. The van der Waals surface area contributed by atoms with Gasteiger partial charge in [-0.05, 0) is 48.5 Å². The standard InChI is InChI=1S/C22H26N6O5/c1-27(2)19(29)14-33-22-25-20(28(26-22)16-6-10-17(31-3)11-7-16)15-4-8-18(9-5-15)32-13-12-24-21(23)30/h4-11H,12-14H2,1-3H3,(H3,23,24,30). The maximum absolute atomic E-state index is 11.9. The fourth-order valence-corrected chi connectivity index (χ4v) is 2.74. The van der Waals surface area contributed by atoms with Crippen molar-refractivity contribution in [2.45, 2.75) is 0 Å². The van der Waals surface area contributed by atoms with Crippen LogP contribution < -0.4 is 25.3 Å². The molecule has 0 saturated heterocycles. The van der Waals surface area contributed by atoms with Gasteiger partial charge in [0, 0.05) is 19.7 Å². The molecule has 3 amide bonds. The molecule has 3 aromatic rings. The monoisotopic (exact) mass is 454 g/mol. The molecule has 0 saturated carbocycles. The number of nitrogens with one attached hydrogen (secondary N) is 1. The summed E-state index contributed by atoms with van der Waals surface area (Å²) in [4.78, 5) is 28.5. The van der Waals surface area contributed by atoms with E-state index >= 15 is 0 Å². The molecule has 33 heavy (non-hydrogen) atoms. The summed E-state index contributed by atoms with van der Waals surface area (Å²) < 4.78 is 18.0. The van der Waals surface area contributed by atoms with Gasteiger partial charge < -0.3 is 30.2 Å². The number of hydrogen-bond donors (Lipinski definition) is 2. The van der Waals surface area contributed by atoms with Crippen LogP contribution in [0, 0.1) is 0 Å². The topological polar surface area (TPSA) is 134 Å². The van der Waals surface area contributed by atoms with Gasteiger partial charge in [0.15, 0.2) is 12.4 Å². The fourth-order valence-electron chi connectivity index (χ4n) is 2.74. The Morgan fingerprint density at radius 3 is 2.30 bits per heavy atom. The molecule has 11 nitrogen and oxygen atoms in total. The van der Waals surface area contributed by atoms with Crippen LogP contribution in [0.5, 0.6) is 17.5 Å². The number of rotatable bonds is 10. The Labute approximate surface area is 191 Å². The summed E-state index contributed by atoms with van der Waals surface area (Å²) in [5.41, 5.74) is 6.53. The van der Waals surface area contributed by atoms with Gasteiger partial charge in [0.2, 0.25) is 0 Å². The van der Waals surface area contributed by atoms with Gasteiger partial charge in [-0.3, -0.25) is 4.79 Å². The second kappa shape index (κ2) is 10.8. The van der Waals surface area contributed by atoms with Crippen molar-refractivity contribution < 1.29 is 23.8 Å². The number of nitrogens with zero attached hydrogens (tertiary/aromatic N) is 4. The maximum Gasteiger partial charge on any atom is 0.336 e. The zero-order valence-corrected chi connectivity index (χ0v) is 18.6. The van der Waals surface area contributed by atoms with Crippen LogP contribution in [0.3, 0.4) is 0 Å². The molecule has 0 fully saturated rings. The van der Waals surface area contributed by atoms with Gasteiger partial charge in [-0.15, -0.1) is 5.10 Å². The second-order valence-corrected chi connectivity index (χ2v) is 7.07. The quantitative estimate of drug-likeness (QED) is 0.443. The fraction of sp³-hybridized carbons (Fsp3) is 0.273. The minimum Gasteiger partial charge on any atom is -0.497 e. The number of primary amides is 1. The van der Waals surface area contributed by atoms with Crippen molar-refractivity contribution in [1.29, 1.82) is 0 Å². The number of benzene rings is 2. The highest BCUT2D eigenvalue weighted by molar-refractivity contribution is 5.77. The Morgan fingerprint density at radius 1 is 1.03 bits per heavy atom. The smallest absolute Gasteiger partial charge is 0.336 e. The van der Waals surface area contributed by atoms with Gasteiger partial charge in [0.1, 0.15) is 18.1 Å². The summed E-state index contributed by atoms with van der Waals surface area (Å²) in [5, 5.41) is 6.89. The third kappa shape index (κ3) is 6.35. The highest BCUT2D eigenvalue weighted by atomic mass is 16.5. The molecular formula is C22H26N6O5. The van der Waals surface area contributed by atoms with E-state index in [4.69, 9.17) is 19.9 Å². The van der Waals surface area contributed by atoms with Crippen LogP contribution >= 0.6 is 0 Å². The van der Waals surface area contributed by atoms with Crippen LogP contribution in [-0.2, 0) is 4.79 Å². The normalized spacial score (nSPS) is 10.4. The number of hydrogen-bond acceptors (Lipinski definition) is 7. The number of carbonyl (C=O) groups is 2. The van der Waals surface area contributed by atoms with Gasteiger partial charge in [0.05, 0.1) is 19.3 Å². The number of methoxy groups -OCH3 is 1. The van der Waals surface area contributed by atoms with Gasteiger partial charge in [-0.25, -0.2) is 9.48 Å². The molecular weight excluding hydrogens is 428 g/mol. The molecule has 1 heterocycles. The van der Waals surface area contributed by atoms with Crippen LogP contribution in [0.15, 0.2) is 48.5 Å². The number of carbonyl (C=O) groups excluding carboxylic acids is 2. The Bertz CT molecular complexity index is 1080. The van der Waals surface area contributed by atoms with Crippen molar-refractivity contribution in [2.75, 3.05) is 41.0 Å². The van der Waals surface area contributed by atoms with Gasteiger partial charge in [-0.1, -0.05) is 0 Å². The molecule has 0 atom stereocenters. The van der Waals surface area contributed by atoms with E-state index in [9.17, 15) is 9.59 Å². The molecule has 0 aliphatic heterocycles. The highest BCUT2D eigenvalue weighted by Gasteiger charge is 2.16. The molecule has 174 valence electrons. The van der Waals surface area contributed by atoms with Crippen molar-refractivity contribution in [2.24, 2.45) is 5.73 Å². The number of urea groups is 1. The molecule has 11 heteroatoms. The Kier molecular flexibility index (Phi) is 7.68. The van der Waals surface area contributed by atoms with E-state index in [1.54, 1.807) is 38.0 Å². The van der Waals surface area contributed by atoms with Gasteiger partial charge in [0.25, 0.3) is 5.91 Å². The zero-order valence-electron chi connectivity index (χ0n) is 18.6. The zero-order chi connectivity index (χ0) is 23.8. The van der Waals surface area contributed by atoms with E-state index < -0.39 is 6.03 Å².